The Morgan fingerprint density at radius 1 is 1.20 bits per heavy atom. The fraction of sp³-hybridized carbons (Fsp3) is 0.750. The molecule has 0 bridgehead atoms. The first-order valence-corrected chi connectivity index (χ1v) is 4.51. The lowest BCUT2D eigenvalue weighted by molar-refractivity contribution is -0.139. The molecule has 7 heteroatoms. The standard InChI is InChI=1S/C8H16N2O5/c1-2-8(15,10-4-7(13)14)5-9-3-6(11)12/h9-10,15H,2-5H2,1H3,(H,11,12)(H,13,14). The molecule has 0 heterocycles. The summed E-state index contributed by atoms with van der Waals surface area (Å²) in [7, 11) is 0. The van der Waals surface area contributed by atoms with Crippen LogP contribution in [-0.2, 0) is 9.59 Å². The van der Waals surface area contributed by atoms with E-state index in [0.717, 1.165) is 0 Å². The zero-order chi connectivity index (χ0) is 11.9. The predicted molar refractivity (Wildman–Crippen MR) is 51.4 cm³/mol. The average Bonchev–Trinajstić information content (AvgIpc) is 2.14. The Balaban J connectivity index is 3.95. The van der Waals surface area contributed by atoms with Crippen LogP contribution in [0.5, 0.6) is 0 Å². The zero-order valence-electron chi connectivity index (χ0n) is 8.49. The minimum absolute atomic E-state index is 0.0247. The van der Waals surface area contributed by atoms with Gasteiger partial charge >= 0.3 is 11.9 Å². The van der Waals surface area contributed by atoms with Crippen molar-refractivity contribution in [2.24, 2.45) is 0 Å². The van der Waals surface area contributed by atoms with Crippen LogP contribution in [0.4, 0.5) is 0 Å². The second-order valence-corrected chi connectivity index (χ2v) is 3.13. The van der Waals surface area contributed by atoms with Gasteiger partial charge in [-0.2, -0.15) is 0 Å². The third-order valence-corrected chi connectivity index (χ3v) is 1.85. The molecule has 1 atom stereocenters. The van der Waals surface area contributed by atoms with Crippen molar-refractivity contribution < 1.29 is 24.9 Å². The van der Waals surface area contributed by atoms with Crippen molar-refractivity contribution in [3.05, 3.63) is 0 Å². The molecular weight excluding hydrogens is 204 g/mol. The molecular formula is C8H16N2O5. The molecule has 0 rings (SSSR count). The monoisotopic (exact) mass is 220 g/mol. The number of carboxylic acids is 2. The quantitative estimate of drug-likeness (QED) is 0.314. The van der Waals surface area contributed by atoms with E-state index in [-0.39, 0.29) is 26.1 Å². The number of aliphatic carboxylic acids is 2. The van der Waals surface area contributed by atoms with Gasteiger partial charge in [0.1, 0.15) is 5.72 Å². The lowest BCUT2D eigenvalue weighted by Crippen LogP contribution is -2.54. The molecule has 0 saturated heterocycles. The van der Waals surface area contributed by atoms with Gasteiger partial charge in [0.15, 0.2) is 0 Å². The van der Waals surface area contributed by atoms with Gasteiger partial charge in [-0.05, 0) is 6.42 Å². The maximum Gasteiger partial charge on any atom is 0.317 e. The molecule has 0 aromatic carbocycles. The van der Waals surface area contributed by atoms with E-state index >= 15 is 0 Å². The Hall–Kier alpha value is -1.18. The van der Waals surface area contributed by atoms with Crippen LogP contribution in [0.2, 0.25) is 0 Å². The summed E-state index contributed by atoms with van der Waals surface area (Å²) in [5, 5.41) is 31.4. The Labute approximate surface area is 87.1 Å². The summed E-state index contributed by atoms with van der Waals surface area (Å²) in [6.45, 7) is 0.983. The van der Waals surface area contributed by atoms with Crippen molar-refractivity contribution in [2.75, 3.05) is 19.6 Å². The smallest absolute Gasteiger partial charge is 0.317 e. The lowest BCUT2D eigenvalue weighted by atomic mass is 10.1. The van der Waals surface area contributed by atoms with Crippen LogP contribution in [0, 0.1) is 0 Å². The Kier molecular flexibility index (Phi) is 5.83. The molecule has 5 N–H and O–H groups in total. The molecule has 0 aromatic heterocycles. The van der Waals surface area contributed by atoms with E-state index in [0.29, 0.717) is 0 Å². The highest BCUT2D eigenvalue weighted by Gasteiger charge is 2.24. The Morgan fingerprint density at radius 2 is 1.73 bits per heavy atom. The fourth-order valence-electron chi connectivity index (χ4n) is 0.929. The van der Waals surface area contributed by atoms with E-state index in [1.165, 1.54) is 0 Å². The normalized spacial score (nSPS) is 14.5. The second kappa shape index (κ2) is 6.33. The van der Waals surface area contributed by atoms with Crippen molar-refractivity contribution in [1.82, 2.24) is 10.6 Å². The number of rotatable bonds is 8. The lowest BCUT2D eigenvalue weighted by Gasteiger charge is -2.27. The first-order valence-electron chi connectivity index (χ1n) is 4.51. The molecule has 1 unspecified atom stereocenters. The van der Waals surface area contributed by atoms with E-state index in [2.05, 4.69) is 10.6 Å². The third-order valence-electron chi connectivity index (χ3n) is 1.85. The van der Waals surface area contributed by atoms with Gasteiger partial charge in [0, 0.05) is 6.54 Å². The van der Waals surface area contributed by atoms with Crippen molar-refractivity contribution in [3.8, 4) is 0 Å². The van der Waals surface area contributed by atoms with E-state index in [9.17, 15) is 14.7 Å². The van der Waals surface area contributed by atoms with Crippen LogP contribution in [0.1, 0.15) is 13.3 Å². The van der Waals surface area contributed by atoms with E-state index in [1.807, 2.05) is 0 Å². The molecule has 0 aromatic rings. The molecule has 7 nitrogen and oxygen atoms in total. The molecule has 0 fully saturated rings. The van der Waals surface area contributed by atoms with Gasteiger partial charge in [0.05, 0.1) is 13.1 Å². The van der Waals surface area contributed by atoms with Crippen molar-refractivity contribution >= 4 is 11.9 Å². The summed E-state index contributed by atoms with van der Waals surface area (Å²) in [6.07, 6.45) is 0.271. The largest absolute Gasteiger partial charge is 0.480 e. The van der Waals surface area contributed by atoms with Crippen molar-refractivity contribution in [1.29, 1.82) is 0 Å². The molecule has 0 spiro atoms. The summed E-state index contributed by atoms with van der Waals surface area (Å²) < 4.78 is 0. The Morgan fingerprint density at radius 3 is 2.13 bits per heavy atom. The van der Waals surface area contributed by atoms with Gasteiger partial charge in [-0.25, -0.2) is 0 Å². The fourth-order valence-corrected chi connectivity index (χ4v) is 0.929. The topological polar surface area (TPSA) is 119 Å². The predicted octanol–water partition coefficient (Wildman–Crippen LogP) is -1.57. The van der Waals surface area contributed by atoms with Crippen LogP contribution in [-0.4, -0.2) is 52.6 Å². The molecule has 88 valence electrons. The summed E-state index contributed by atoms with van der Waals surface area (Å²) in [4.78, 5) is 20.4. The van der Waals surface area contributed by atoms with Crippen LogP contribution in [0.15, 0.2) is 0 Å². The van der Waals surface area contributed by atoms with Gasteiger partial charge in [-0.1, -0.05) is 6.92 Å². The minimum atomic E-state index is -1.39. The third kappa shape index (κ3) is 6.83. The van der Waals surface area contributed by atoms with Gasteiger partial charge < -0.3 is 20.6 Å². The molecule has 0 saturated carbocycles. The second-order valence-electron chi connectivity index (χ2n) is 3.13. The highest BCUT2D eigenvalue weighted by molar-refractivity contribution is 5.69. The number of carbonyl (C=O) groups is 2. The molecule has 0 aliphatic carbocycles. The minimum Gasteiger partial charge on any atom is -0.480 e. The SMILES string of the molecule is CCC(O)(CNCC(=O)O)NCC(=O)O. The molecule has 0 radical (unpaired) electrons. The Bertz CT molecular complexity index is 233. The van der Waals surface area contributed by atoms with E-state index in [4.69, 9.17) is 10.2 Å². The van der Waals surface area contributed by atoms with E-state index in [1.54, 1.807) is 6.92 Å². The maximum absolute atomic E-state index is 10.3. The van der Waals surface area contributed by atoms with Crippen LogP contribution < -0.4 is 10.6 Å². The van der Waals surface area contributed by atoms with Crippen molar-refractivity contribution in [3.63, 3.8) is 0 Å². The molecule has 0 amide bonds. The number of hydrogen-bond acceptors (Lipinski definition) is 5. The van der Waals surface area contributed by atoms with E-state index < -0.39 is 17.7 Å². The summed E-state index contributed by atoms with van der Waals surface area (Å²) in [5.41, 5.74) is -1.39. The van der Waals surface area contributed by atoms with Gasteiger partial charge in [0.2, 0.25) is 0 Å². The molecule has 15 heavy (non-hydrogen) atoms. The highest BCUT2D eigenvalue weighted by Crippen LogP contribution is 2.03. The number of hydrogen-bond donors (Lipinski definition) is 5. The van der Waals surface area contributed by atoms with Crippen LogP contribution in [0.3, 0.4) is 0 Å². The highest BCUT2D eigenvalue weighted by atomic mass is 16.4. The average molecular weight is 220 g/mol. The summed E-state index contributed by atoms with van der Waals surface area (Å²) in [6, 6.07) is 0. The number of carboxylic acid groups (broad SMARTS) is 2. The molecule has 0 aliphatic rings. The zero-order valence-corrected chi connectivity index (χ0v) is 8.49. The van der Waals surface area contributed by atoms with Gasteiger partial charge in [0.25, 0.3) is 0 Å². The van der Waals surface area contributed by atoms with Crippen molar-refractivity contribution in [2.45, 2.75) is 19.1 Å². The first kappa shape index (κ1) is 13.8. The number of nitrogens with one attached hydrogen (secondary N) is 2. The maximum atomic E-state index is 10.3. The summed E-state index contributed by atoms with van der Waals surface area (Å²) in [5.74, 6) is -2.12. The summed E-state index contributed by atoms with van der Waals surface area (Å²) >= 11 is 0. The van der Waals surface area contributed by atoms with Gasteiger partial charge in [-0.15, -0.1) is 0 Å². The first-order chi connectivity index (χ1) is 6.89. The van der Waals surface area contributed by atoms with Crippen LogP contribution >= 0.6 is 0 Å². The number of aliphatic hydroxyl groups is 1. The molecule has 0 aliphatic heterocycles. The van der Waals surface area contributed by atoms with Crippen LogP contribution in [0.25, 0.3) is 0 Å². The van der Waals surface area contributed by atoms with Gasteiger partial charge in [-0.3, -0.25) is 14.9 Å².